The Bertz CT molecular complexity index is 490. The van der Waals surface area contributed by atoms with Gasteiger partial charge in [-0.15, -0.1) is 23.1 Å². The number of hydrogen-bond donors (Lipinski definition) is 1. The SMILES string of the molecule is CN(Cc1nc(C(F)(F)F)cs1)C(=O)CSCC(=O)O. The number of thioether (sulfide) groups is 1. The summed E-state index contributed by atoms with van der Waals surface area (Å²) in [6, 6.07) is 0. The van der Waals surface area contributed by atoms with Crippen molar-refractivity contribution >= 4 is 35.0 Å². The van der Waals surface area contributed by atoms with Gasteiger partial charge in [-0.3, -0.25) is 9.59 Å². The van der Waals surface area contributed by atoms with Crippen LogP contribution in [0.4, 0.5) is 13.2 Å². The molecule has 20 heavy (non-hydrogen) atoms. The molecular formula is C10H11F3N2O3S2. The summed E-state index contributed by atoms with van der Waals surface area (Å²) >= 11 is 1.76. The molecule has 1 N–H and O–H groups in total. The zero-order chi connectivity index (χ0) is 15.3. The summed E-state index contributed by atoms with van der Waals surface area (Å²) in [7, 11) is 1.43. The lowest BCUT2D eigenvalue weighted by Crippen LogP contribution is -2.28. The molecule has 0 saturated carbocycles. The fraction of sp³-hybridized carbons (Fsp3) is 0.500. The maximum Gasteiger partial charge on any atom is 0.434 e. The molecule has 0 aliphatic heterocycles. The van der Waals surface area contributed by atoms with Crippen molar-refractivity contribution in [2.45, 2.75) is 12.7 Å². The number of aliphatic carboxylic acids is 1. The summed E-state index contributed by atoms with van der Waals surface area (Å²) in [5.74, 6) is -1.63. The number of rotatable bonds is 6. The molecule has 0 radical (unpaired) electrons. The summed E-state index contributed by atoms with van der Waals surface area (Å²) in [4.78, 5) is 26.5. The number of halogens is 3. The minimum Gasteiger partial charge on any atom is -0.481 e. The van der Waals surface area contributed by atoms with Crippen LogP contribution in [0.15, 0.2) is 5.38 Å². The topological polar surface area (TPSA) is 70.5 Å². The van der Waals surface area contributed by atoms with Gasteiger partial charge in [-0.2, -0.15) is 13.2 Å². The zero-order valence-electron chi connectivity index (χ0n) is 10.3. The first-order valence-corrected chi connectivity index (χ1v) is 7.28. The summed E-state index contributed by atoms with van der Waals surface area (Å²) in [6.07, 6.45) is -4.49. The van der Waals surface area contributed by atoms with Crippen LogP contribution in [0.25, 0.3) is 0 Å². The molecule has 1 amide bonds. The Morgan fingerprint density at radius 1 is 1.45 bits per heavy atom. The number of amides is 1. The maximum absolute atomic E-state index is 12.3. The van der Waals surface area contributed by atoms with Gasteiger partial charge in [-0.1, -0.05) is 0 Å². The Morgan fingerprint density at radius 3 is 2.60 bits per heavy atom. The highest BCUT2D eigenvalue weighted by Crippen LogP contribution is 2.30. The number of carboxylic acid groups (broad SMARTS) is 1. The molecule has 0 unspecified atom stereocenters. The van der Waals surface area contributed by atoms with E-state index in [1.54, 1.807) is 0 Å². The first-order valence-electron chi connectivity index (χ1n) is 5.25. The Labute approximate surface area is 120 Å². The van der Waals surface area contributed by atoms with Crippen LogP contribution in [-0.4, -0.2) is 45.4 Å². The standard InChI is InChI=1S/C10H11F3N2O3S2/c1-15(8(16)4-19-5-9(17)18)2-7-14-6(3-20-7)10(11,12)13/h3H,2,4-5H2,1H3,(H,17,18). The lowest BCUT2D eigenvalue weighted by Gasteiger charge is -2.15. The fourth-order valence-corrected chi connectivity index (χ4v) is 2.67. The van der Waals surface area contributed by atoms with Crippen LogP contribution in [0.3, 0.4) is 0 Å². The van der Waals surface area contributed by atoms with Crippen molar-refractivity contribution in [2.75, 3.05) is 18.6 Å². The highest BCUT2D eigenvalue weighted by atomic mass is 32.2. The lowest BCUT2D eigenvalue weighted by atomic mass is 10.5. The third kappa shape index (κ3) is 5.37. The van der Waals surface area contributed by atoms with Crippen molar-refractivity contribution in [1.82, 2.24) is 9.88 Å². The van der Waals surface area contributed by atoms with Crippen LogP contribution in [-0.2, 0) is 22.3 Å². The van der Waals surface area contributed by atoms with E-state index in [-0.39, 0.29) is 29.0 Å². The van der Waals surface area contributed by atoms with E-state index in [0.717, 1.165) is 28.5 Å². The molecule has 0 saturated heterocycles. The van der Waals surface area contributed by atoms with Crippen LogP contribution in [0, 0.1) is 0 Å². The van der Waals surface area contributed by atoms with Crippen molar-refractivity contribution in [3.63, 3.8) is 0 Å². The van der Waals surface area contributed by atoms with Crippen molar-refractivity contribution in [3.05, 3.63) is 16.1 Å². The van der Waals surface area contributed by atoms with E-state index < -0.39 is 17.8 Å². The predicted octanol–water partition coefficient (Wildman–Crippen LogP) is 1.94. The van der Waals surface area contributed by atoms with Gasteiger partial charge in [0.25, 0.3) is 0 Å². The van der Waals surface area contributed by atoms with E-state index in [9.17, 15) is 22.8 Å². The summed E-state index contributed by atoms with van der Waals surface area (Å²) in [5.41, 5.74) is -0.974. The number of aromatic nitrogens is 1. The van der Waals surface area contributed by atoms with Crippen LogP contribution in [0.1, 0.15) is 10.7 Å². The monoisotopic (exact) mass is 328 g/mol. The molecule has 0 aromatic carbocycles. The molecule has 0 fully saturated rings. The van der Waals surface area contributed by atoms with Gasteiger partial charge >= 0.3 is 12.1 Å². The Hall–Kier alpha value is -1.29. The van der Waals surface area contributed by atoms with E-state index in [1.807, 2.05) is 0 Å². The normalized spacial score (nSPS) is 11.4. The van der Waals surface area contributed by atoms with E-state index in [0.29, 0.717) is 0 Å². The first-order chi connectivity index (χ1) is 9.20. The van der Waals surface area contributed by atoms with Gasteiger partial charge in [0.05, 0.1) is 18.1 Å². The Kier molecular flexibility index (Phi) is 5.81. The van der Waals surface area contributed by atoms with Gasteiger partial charge in [-0.05, 0) is 0 Å². The summed E-state index contributed by atoms with van der Waals surface area (Å²) < 4.78 is 37.0. The van der Waals surface area contributed by atoms with Crippen LogP contribution in [0.5, 0.6) is 0 Å². The van der Waals surface area contributed by atoms with Crippen LogP contribution < -0.4 is 0 Å². The zero-order valence-corrected chi connectivity index (χ0v) is 11.9. The van der Waals surface area contributed by atoms with Gasteiger partial charge in [0.2, 0.25) is 5.91 Å². The van der Waals surface area contributed by atoms with Gasteiger partial charge in [-0.25, -0.2) is 4.98 Å². The third-order valence-electron chi connectivity index (χ3n) is 2.09. The second-order valence-corrected chi connectivity index (χ2v) is 5.69. The largest absolute Gasteiger partial charge is 0.481 e. The molecule has 1 rings (SSSR count). The molecular weight excluding hydrogens is 317 g/mol. The van der Waals surface area contributed by atoms with E-state index in [4.69, 9.17) is 5.11 Å². The molecule has 10 heteroatoms. The summed E-state index contributed by atoms with van der Waals surface area (Å²) in [5, 5.41) is 9.49. The smallest absolute Gasteiger partial charge is 0.434 e. The number of nitrogens with zero attached hydrogens (tertiary/aromatic N) is 2. The molecule has 5 nitrogen and oxygen atoms in total. The molecule has 112 valence electrons. The molecule has 0 atom stereocenters. The number of alkyl halides is 3. The van der Waals surface area contributed by atoms with Crippen molar-refractivity contribution in [1.29, 1.82) is 0 Å². The molecule has 0 aliphatic carbocycles. The number of carboxylic acids is 1. The minimum atomic E-state index is -4.49. The van der Waals surface area contributed by atoms with Crippen molar-refractivity contribution in [2.24, 2.45) is 0 Å². The lowest BCUT2D eigenvalue weighted by molar-refractivity contribution is -0.140. The second kappa shape index (κ2) is 6.93. The predicted molar refractivity (Wildman–Crippen MR) is 68.6 cm³/mol. The number of hydrogen-bond acceptors (Lipinski definition) is 5. The Balaban J connectivity index is 2.49. The van der Waals surface area contributed by atoms with E-state index in [1.165, 1.54) is 11.9 Å². The highest BCUT2D eigenvalue weighted by Gasteiger charge is 2.33. The second-order valence-electron chi connectivity index (χ2n) is 3.76. The van der Waals surface area contributed by atoms with Crippen molar-refractivity contribution < 1.29 is 27.9 Å². The van der Waals surface area contributed by atoms with E-state index in [2.05, 4.69) is 4.98 Å². The van der Waals surface area contributed by atoms with Gasteiger partial charge in [0, 0.05) is 12.4 Å². The molecule has 1 aromatic rings. The average Bonchev–Trinajstić information content (AvgIpc) is 2.76. The number of carbonyl (C=O) groups is 2. The molecule has 0 bridgehead atoms. The molecule has 1 heterocycles. The van der Waals surface area contributed by atoms with E-state index >= 15 is 0 Å². The van der Waals surface area contributed by atoms with Gasteiger partial charge in [0.15, 0.2) is 5.69 Å². The fourth-order valence-electron chi connectivity index (χ4n) is 1.14. The van der Waals surface area contributed by atoms with Crippen LogP contribution >= 0.6 is 23.1 Å². The molecule has 0 aliphatic rings. The quantitative estimate of drug-likeness (QED) is 0.864. The summed E-state index contributed by atoms with van der Waals surface area (Å²) in [6.45, 7) is -0.0345. The number of carbonyl (C=O) groups excluding carboxylic acids is 1. The van der Waals surface area contributed by atoms with Crippen LogP contribution in [0.2, 0.25) is 0 Å². The molecule has 1 aromatic heterocycles. The Morgan fingerprint density at radius 2 is 2.10 bits per heavy atom. The maximum atomic E-state index is 12.3. The highest BCUT2D eigenvalue weighted by molar-refractivity contribution is 8.00. The van der Waals surface area contributed by atoms with Gasteiger partial charge < -0.3 is 10.0 Å². The van der Waals surface area contributed by atoms with Gasteiger partial charge in [0.1, 0.15) is 5.01 Å². The first kappa shape index (κ1) is 16.8. The van der Waals surface area contributed by atoms with Crippen molar-refractivity contribution in [3.8, 4) is 0 Å². The number of thiazole rings is 1. The minimum absolute atomic E-state index is 0.0345. The molecule has 0 spiro atoms. The average molecular weight is 328 g/mol. The third-order valence-corrected chi connectivity index (χ3v) is 3.83.